The molecule has 6 aromatic carbocycles. The molecule has 0 fully saturated rings. The van der Waals surface area contributed by atoms with Crippen LogP contribution in [0.1, 0.15) is 58.5 Å². The molecule has 348 valence electrons. The third-order valence-electron chi connectivity index (χ3n) is 12.4. The molecular weight excluding hydrogens is 1230 g/mol. The van der Waals surface area contributed by atoms with Gasteiger partial charge in [0.15, 0.2) is 5.82 Å². The second-order valence-electron chi connectivity index (χ2n) is 19.1. The molecule has 6 heterocycles. The summed E-state index contributed by atoms with van der Waals surface area (Å²) >= 11 is 0. The summed E-state index contributed by atoms with van der Waals surface area (Å²) in [6.45, 7) is 15.1. The molecule has 0 aliphatic rings. The van der Waals surface area contributed by atoms with Gasteiger partial charge in [0.1, 0.15) is 11.6 Å². The van der Waals surface area contributed by atoms with Crippen LogP contribution in [0.4, 0.5) is 0 Å². The minimum absolute atomic E-state index is 0. The zero-order valence-electron chi connectivity index (χ0n) is 39.2. The van der Waals surface area contributed by atoms with E-state index < -0.39 is 0 Å². The van der Waals surface area contributed by atoms with Crippen molar-refractivity contribution in [3.63, 3.8) is 0 Å². The minimum Gasteiger partial charge on any atom is -0.509 e. The van der Waals surface area contributed by atoms with Crippen LogP contribution in [-0.2, 0) is 53.0 Å². The van der Waals surface area contributed by atoms with Crippen molar-refractivity contribution in [3.05, 3.63) is 175 Å². The number of hydrogen-bond donors (Lipinski definition) is 0. The van der Waals surface area contributed by atoms with Gasteiger partial charge in [0.05, 0.1) is 0 Å². The van der Waals surface area contributed by atoms with Gasteiger partial charge in [0.2, 0.25) is 0 Å². The van der Waals surface area contributed by atoms with E-state index in [2.05, 4.69) is 156 Å². The summed E-state index contributed by atoms with van der Waals surface area (Å²) in [6.07, 6.45) is 3.62. The summed E-state index contributed by atoms with van der Waals surface area (Å²) in [5.74, 6) is 4.33. The van der Waals surface area contributed by atoms with Crippen LogP contribution in [-0.4, -0.2) is 44.1 Å². The maximum atomic E-state index is 6.79. The zero-order valence-corrected chi connectivity index (χ0v) is 43.7. The Hall–Kier alpha value is -7.06. The molecule has 0 N–H and O–H groups in total. The minimum atomic E-state index is -0.238. The Balaban J connectivity index is 0.00000284. The number of ether oxygens (including phenoxy) is 2. The van der Waals surface area contributed by atoms with Crippen molar-refractivity contribution in [3.8, 4) is 40.6 Å². The number of aryl methyl sites for hydroxylation is 1. The molecule has 0 radical (unpaired) electrons. The molecule has 12 aromatic rings. The summed E-state index contributed by atoms with van der Waals surface area (Å²) in [5, 5.41) is 23.8. The number of aromatic nitrogens is 9. The third kappa shape index (κ3) is 7.86. The van der Waals surface area contributed by atoms with Crippen molar-refractivity contribution in [2.75, 3.05) is 0 Å². The Morgan fingerprint density at radius 2 is 0.843 bits per heavy atom. The molecule has 6 aromatic heterocycles. The number of para-hydroxylation sites is 2. The molecule has 70 heavy (non-hydrogen) atoms. The molecule has 11 nitrogen and oxygen atoms in total. The van der Waals surface area contributed by atoms with Gasteiger partial charge >= 0.3 is 42.1 Å². The fourth-order valence-electron chi connectivity index (χ4n) is 9.46. The molecule has 0 unspecified atom stereocenters. The smallest absolute Gasteiger partial charge is 0.509 e. The molecule has 12 rings (SSSR count). The summed E-state index contributed by atoms with van der Waals surface area (Å²) in [7, 11) is 0. The van der Waals surface area contributed by atoms with E-state index in [0.29, 0.717) is 39.9 Å². The van der Waals surface area contributed by atoms with Gasteiger partial charge in [-0.15, -0.1) is 80.1 Å². The summed E-state index contributed by atoms with van der Waals surface area (Å²) in [5.41, 5.74) is 6.91. The van der Waals surface area contributed by atoms with Crippen molar-refractivity contribution in [1.29, 1.82) is 0 Å². The van der Waals surface area contributed by atoms with Gasteiger partial charge in [0.25, 0.3) is 5.95 Å². The molecule has 0 saturated heterocycles. The van der Waals surface area contributed by atoms with Crippen molar-refractivity contribution in [2.45, 2.75) is 59.3 Å². The van der Waals surface area contributed by atoms with Crippen LogP contribution in [0.5, 0.6) is 23.0 Å². The first-order valence-electron chi connectivity index (χ1n) is 22.5. The predicted molar refractivity (Wildman–Crippen MR) is 267 cm³/mol. The SMILES string of the molecule is Cc1nnc(-n2c3[c-]c(Oc4[c-]c5c(c(C(C)(C)C)c4)c4ccccc4n5-c4ccccn4)ccc3c3ccc(Oc4[c-]c5c(c(C(C)(C)C)c4)c4ccccc4n5-c4ccccn4)[c-]c32)nn1.[Pt+2].[Pt+2]. The fourth-order valence-corrected chi connectivity index (χ4v) is 9.46. The Morgan fingerprint density at radius 3 is 1.26 bits per heavy atom. The Bertz CT molecular complexity index is 3710. The van der Waals surface area contributed by atoms with Crippen molar-refractivity contribution in [2.24, 2.45) is 0 Å². The monoisotopic (exact) mass is 1280 g/mol. The van der Waals surface area contributed by atoms with Crippen LogP contribution in [0.2, 0.25) is 0 Å². The van der Waals surface area contributed by atoms with Crippen molar-refractivity contribution >= 4 is 65.4 Å². The molecular formula is C57H43N9O2Pt2. The van der Waals surface area contributed by atoms with Crippen LogP contribution in [0.15, 0.2) is 134 Å². The van der Waals surface area contributed by atoms with Gasteiger partial charge in [-0.3, -0.25) is 0 Å². The van der Waals surface area contributed by atoms with Crippen molar-refractivity contribution < 1.29 is 51.6 Å². The van der Waals surface area contributed by atoms with Crippen LogP contribution in [0.3, 0.4) is 0 Å². The van der Waals surface area contributed by atoms with Crippen molar-refractivity contribution in [1.82, 2.24) is 44.1 Å². The Morgan fingerprint density at radius 1 is 0.429 bits per heavy atom. The van der Waals surface area contributed by atoms with E-state index in [0.717, 1.165) is 77.1 Å². The average Bonchev–Trinajstić information content (AvgIpc) is 3.96. The second kappa shape index (κ2) is 17.7. The van der Waals surface area contributed by atoms with Crippen LogP contribution in [0.25, 0.3) is 83.0 Å². The van der Waals surface area contributed by atoms with Gasteiger partial charge in [-0.1, -0.05) is 123 Å². The summed E-state index contributed by atoms with van der Waals surface area (Å²) in [4.78, 5) is 9.52. The normalized spacial score (nSPS) is 12.0. The topological polar surface area (TPSA) is 111 Å². The number of benzene rings is 6. The van der Waals surface area contributed by atoms with E-state index in [1.807, 2.05) is 77.6 Å². The average molecular weight is 1280 g/mol. The molecule has 0 aliphatic heterocycles. The van der Waals surface area contributed by atoms with E-state index in [1.54, 1.807) is 6.92 Å². The quantitative estimate of drug-likeness (QED) is 0.145. The second-order valence-corrected chi connectivity index (χ2v) is 19.1. The number of rotatable bonds is 7. The maximum Gasteiger partial charge on any atom is 2.00 e. The first kappa shape index (κ1) is 46.7. The van der Waals surface area contributed by atoms with E-state index in [-0.39, 0.29) is 58.9 Å². The number of nitrogens with zero attached hydrogens (tertiary/aromatic N) is 9. The molecule has 0 saturated carbocycles. The number of hydrogen-bond acceptors (Lipinski definition) is 8. The van der Waals surface area contributed by atoms with Crippen LogP contribution >= 0.6 is 0 Å². The first-order chi connectivity index (χ1) is 32.9. The van der Waals surface area contributed by atoms with E-state index in [1.165, 1.54) is 0 Å². The standard InChI is InChI=1S/C57H43N9O2.2Pt/c1-34-60-62-55(63-61-34)66-47-30-35(67-37-28-43(56(2,3)4)53-41-16-8-10-18-45(41)64(49(53)32-37)51-20-12-14-26-58-51)22-24-39(47)40-25-23-36(31-48(40)66)68-38-29-44(57(5,6)7)54-42-17-9-11-19-46(42)65(50(54)33-38)52-21-13-15-27-59-52;;/h8-29H,1-7H3;;/q-4;2*+2. The Kier molecular flexibility index (Phi) is 11.8. The van der Waals surface area contributed by atoms with Gasteiger partial charge in [-0.2, -0.15) is 22.9 Å². The van der Waals surface area contributed by atoms with E-state index in [4.69, 9.17) is 19.4 Å². The van der Waals surface area contributed by atoms with Gasteiger partial charge in [-0.05, 0) is 64.9 Å². The van der Waals surface area contributed by atoms with Crippen LogP contribution < -0.4 is 9.47 Å². The molecule has 13 heteroatoms. The Labute approximate surface area is 433 Å². The summed E-state index contributed by atoms with van der Waals surface area (Å²) < 4.78 is 19.7. The molecule has 0 bridgehead atoms. The predicted octanol–water partition coefficient (Wildman–Crippen LogP) is 13.0. The summed E-state index contributed by atoms with van der Waals surface area (Å²) in [6, 6.07) is 55.2. The van der Waals surface area contributed by atoms with Gasteiger partial charge in [0, 0.05) is 46.4 Å². The van der Waals surface area contributed by atoms with E-state index in [9.17, 15) is 0 Å². The largest absolute Gasteiger partial charge is 2.00 e. The molecule has 0 aliphatic carbocycles. The van der Waals surface area contributed by atoms with Gasteiger partial charge < -0.3 is 23.2 Å². The number of fused-ring (bicyclic) bond motifs is 9. The molecule has 0 amide bonds. The third-order valence-corrected chi connectivity index (χ3v) is 12.4. The maximum absolute atomic E-state index is 6.79. The fraction of sp³-hybridized carbons (Fsp3) is 0.158. The molecule has 0 spiro atoms. The van der Waals surface area contributed by atoms with Crippen LogP contribution in [0, 0.1) is 31.2 Å². The number of pyridine rings is 2. The molecule has 0 atom stereocenters. The van der Waals surface area contributed by atoms with E-state index >= 15 is 0 Å². The zero-order chi connectivity index (χ0) is 46.5. The van der Waals surface area contributed by atoms with Gasteiger partial charge in [-0.25, -0.2) is 9.97 Å². The first-order valence-corrected chi connectivity index (χ1v) is 22.5.